The average Bonchev–Trinajstić information content (AvgIpc) is 2.93. The first kappa shape index (κ1) is 24.4. The molecule has 3 aliphatic heterocycles. The zero-order chi connectivity index (χ0) is 25.1. The van der Waals surface area contributed by atoms with Crippen LogP contribution in [0.4, 0.5) is 4.79 Å². The number of ether oxygens (including phenoxy) is 3. The van der Waals surface area contributed by atoms with Crippen molar-refractivity contribution in [2.75, 3.05) is 47.0 Å². The third-order valence-corrected chi connectivity index (χ3v) is 7.80. The normalized spacial score (nSPS) is 23.4. The monoisotopic (exact) mass is 493 g/mol. The second kappa shape index (κ2) is 10.8. The first-order valence-electron chi connectivity index (χ1n) is 12.8. The number of hydrogen-bond acceptors (Lipinski definition) is 5. The number of urea groups is 1. The smallest absolute Gasteiger partial charge is 0.320 e. The van der Waals surface area contributed by atoms with Gasteiger partial charge in [0.15, 0.2) is 11.5 Å². The van der Waals surface area contributed by atoms with Crippen LogP contribution in [-0.4, -0.2) is 80.9 Å². The number of fused-ring (bicyclic) bond motifs is 1. The molecule has 0 aliphatic carbocycles. The lowest BCUT2D eigenvalue weighted by molar-refractivity contribution is -0.139. The summed E-state index contributed by atoms with van der Waals surface area (Å²) in [5, 5.41) is 2.99. The number of amides is 3. The Hall–Kier alpha value is -3.26. The van der Waals surface area contributed by atoms with Gasteiger partial charge in [-0.2, -0.15) is 0 Å². The average molecular weight is 494 g/mol. The van der Waals surface area contributed by atoms with Crippen LogP contribution in [0.15, 0.2) is 48.5 Å². The highest BCUT2D eigenvalue weighted by Crippen LogP contribution is 2.41. The van der Waals surface area contributed by atoms with Gasteiger partial charge >= 0.3 is 6.03 Å². The van der Waals surface area contributed by atoms with E-state index >= 15 is 0 Å². The van der Waals surface area contributed by atoms with Crippen molar-refractivity contribution in [3.05, 3.63) is 59.7 Å². The molecule has 3 fully saturated rings. The fourth-order valence-electron chi connectivity index (χ4n) is 5.94. The highest BCUT2D eigenvalue weighted by atomic mass is 16.5. The molecule has 0 spiro atoms. The SMILES string of the molecule is COc1ccc([C@@H](c2ccccc2)C2CCN(C(=O)N3CC[C@@H]4OCC(=O)N[C@@H]4C3)CC2)cc1OC. The third kappa shape index (κ3) is 5.00. The summed E-state index contributed by atoms with van der Waals surface area (Å²) >= 11 is 0. The van der Waals surface area contributed by atoms with Crippen LogP contribution in [0.3, 0.4) is 0 Å². The van der Waals surface area contributed by atoms with Crippen LogP contribution in [0.25, 0.3) is 0 Å². The van der Waals surface area contributed by atoms with E-state index in [0.717, 1.165) is 30.8 Å². The van der Waals surface area contributed by atoms with E-state index < -0.39 is 0 Å². The number of carbonyl (C=O) groups is 2. The van der Waals surface area contributed by atoms with E-state index in [1.807, 2.05) is 21.9 Å². The minimum absolute atomic E-state index is 0.00519. The maximum Gasteiger partial charge on any atom is 0.320 e. The second-order valence-corrected chi connectivity index (χ2v) is 9.87. The Morgan fingerprint density at radius 3 is 2.39 bits per heavy atom. The Morgan fingerprint density at radius 1 is 0.944 bits per heavy atom. The third-order valence-electron chi connectivity index (χ3n) is 7.80. The molecule has 192 valence electrons. The zero-order valence-corrected chi connectivity index (χ0v) is 21.0. The van der Waals surface area contributed by atoms with E-state index in [4.69, 9.17) is 14.2 Å². The molecule has 0 radical (unpaired) electrons. The second-order valence-electron chi connectivity index (χ2n) is 9.87. The first-order chi connectivity index (χ1) is 17.6. The van der Waals surface area contributed by atoms with Gasteiger partial charge in [-0.3, -0.25) is 4.79 Å². The topological polar surface area (TPSA) is 80.3 Å². The van der Waals surface area contributed by atoms with E-state index in [9.17, 15) is 9.59 Å². The van der Waals surface area contributed by atoms with Crippen molar-refractivity contribution >= 4 is 11.9 Å². The Kier molecular flexibility index (Phi) is 7.32. The summed E-state index contributed by atoms with van der Waals surface area (Å²) in [5.41, 5.74) is 2.46. The van der Waals surface area contributed by atoms with Crippen LogP contribution in [0.2, 0.25) is 0 Å². The van der Waals surface area contributed by atoms with Crippen LogP contribution in [0, 0.1) is 5.92 Å². The molecule has 1 N–H and O–H groups in total. The van der Waals surface area contributed by atoms with Crippen molar-refractivity contribution in [3.63, 3.8) is 0 Å². The van der Waals surface area contributed by atoms with E-state index in [-0.39, 0.29) is 36.6 Å². The molecule has 3 saturated heterocycles. The van der Waals surface area contributed by atoms with Crippen molar-refractivity contribution in [3.8, 4) is 11.5 Å². The van der Waals surface area contributed by atoms with Crippen molar-refractivity contribution in [2.45, 2.75) is 37.3 Å². The summed E-state index contributed by atoms with van der Waals surface area (Å²) in [6.07, 6.45) is 2.59. The van der Waals surface area contributed by atoms with Crippen LogP contribution in [-0.2, 0) is 9.53 Å². The molecule has 0 saturated carbocycles. The molecule has 3 aliphatic rings. The van der Waals surface area contributed by atoms with Gasteiger partial charge in [-0.05, 0) is 48.4 Å². The Bertz CT molecular complexity index is 1070. The number of piperidine rings is 2. The fourth-order valence-corrected chi connectivity index (χ4v) is 5.94. The summed E-state index contributed by atoms with van der Waals surface area (Å²) in [7, 11) is 3.31. The minimum atomic E-state index is -0.117. The van der Waals surface area contributed by atoms with Gasteiger partial charge in [0.2, 0.25) is 5.91 Å². The van der Waals surface area contributed by atoms with Gasteiger partial charge in [-0.25, -0.2) is 4.79 Å². The summed E-state index contributed by atoms with van der Waals surface area (Å²) in [4.78, 5) is 28.9. The largest absolute Gasteiger partial charge is 0.493 e. The number of rotatable bonds is 5. The standard InChI is InChI=1S/C28H35N3O5/c1-34-24-9-8-21(16-25(24)35-2)27(19-6-4-3-5-7-19)20-10-13-30(14-11-20)28(33)31-15-12-23-22(17-31)29-26(32)18-36-23/h3-9,16,20,22-23,27H,10-15,17-18H2,1-2H3,(H,29,32)/t22-,23+,27+/m1/s1. The maximum atomic E-state index is 13.3. The molecule has 5 rings (SSSR count). The number of nitrogens with one attached hydrogen (secondary N) is 1. The van der Waals surface area contributed by atoms with Gasteiger partial charge in [-0.1, -0.05) is 36.4 Å². The molecular weight excluding hydrogens is 458 g/mol. The molecule has 3 heterocycles. The molecule has 8 nitrogen and oxygen atoms in total. The fraction of sp³-hybridized carbons (Fsp3) is 0.500. The van der Waals surface area contributed by atoms with Gasteiger partial charge < -0.3 is 29.3 Å². The number of hydrogen-bond donors (Lipinski definition) is 1. The summed E-state index contributed by atoms with van der Waals surface area (Å²) in [6.45, 7) is 2.72. The Morgan fingerprint density at radius 2 is 1.67 bits per heavy atom. The number of likely N-dealkylation sites (tertiary alicyclic amines) is 2. The first-order valence-corrected chi connectivity index (χ1v) is 12.8. The molecular formula is C28H35N3O5. The highest BCUT2D eigenvalue weighted by Gasteiger charge is 2.38. The molecule has 3 amide bonds. The molecule has 0 aromatic heterocycles. The summed E-state index contributed by atoms with van der Waals surface area (Å²) in [5.74, 6) is 1.94. The molecule has 0 unspecified atom stereocenters. The van der Waals surface area contributed by atoms with E-state index in [1.54, 1.807) is 14.2 Å². The maximum absolute atomic E-state index is 13.3. The van der Waals surface area contributed by atoms with E-state index in [0.29, 0.717) is 32.1 Å². The number of benzene rings is 2. The molecule has 2 aromatic rings. The van der Waals surface area contributed by atoms with E-state index in [2.05, 4.69) is 41.7 Å². The lowest BCUT2D eigenvalue weighted by Gasteiger charge is -2.44. The summed E-state index contributed by atoms with van der Waals surface area (Å²) in [6, 6.07) is 16.7. The predicted molar refractivity (Wildman–Crippen MR) is 135 cm³/mol. The van der Waals surface area contributed by atoms with Crippen molar-refractivity contribution < 1.29 is 23.8 Å². The van der Waals surface area contributed by atoms with Crippen LogP contribution in [0.1, 0.15) is 36.3 Å². The highest BCUT2D eigenvalue weighted by molar-refractivity contribution is 5.79. The zero-order valence-electron chi connectivity index (χ0n) is 21.0. The minimum Gasteiger partial charge on any atom is -0.493 e. The molecule has 2 aromatic carbocycles. The number of carbonyl (C=O) groups excluding carboxylic acids is 2. The Labute approximate surface area is 212 Å². The van der Waals surface area contributed by atoms with E-state index in [1.165, 1.54) is 11.1 Å². The van der Waals surface area contributed by atoms with Crippen molar-refractivity contribution in [2.24, 2.45) is 5.92 Å². The quantitative estimate of drug-likeness (QED) is 0.692. The van der Waals surface area contributed by atoms with Crippen LogP contribution in [0.5, 0.6) is 11.5 Å². The molecule has 36 heavy (non-hydrogen) atoms. The van der Waals surface area contributed by atoms with Crippen molar-refractivity contribution in [1.82, 2.24) is 15.1 Å². The van der Waals surface area contributed by atoms with Crippen LogP contribution >= 0.6 is 0 Å². The molecule has 3 atom stereocenters. The number of nitrogens with zero attached hydrogens (tertiary/aromatic N) is 2. The lowest BCUT2D eigenvalue weighted by Crippen LogP contribution is -2.62. The van der Waals surface area contributed by atoms with Crippen molar-refractivity contribution in [1.29, 1.82) is 0 Å². The number of methoxy groups -OCH3 is 2. The number of morpholine rings is 1. The Balaban J connectivity index is 1.28. The van der Waals surface area contributed by atoms with Gasteiger partial charge in [0.25, 0.3) is 0 Å². The van der Waals surface area contributed by atoms with Crippen LogP contribution < -0.4 is 14.8 Å². The van der Waals surface area contributed by atoms with Gasteiger partial charge in [0.05, 0.1) is 26.4 Å². The lowest BCUT2D eigenvalue weighted by atomic mass is 9.76. The predicted octanol–water partition coefficient (Wildman–Crippen LogP) is 3.26. The molecule has 0 bridgehead atoms. The van der Waals surface area contributed by atoms with Gasteiger partial charge in [-0.15, -0.1) is 0 Å². The van der Waals surface area contributed by atoms with Gasteiger partial charge in [0.1, 0.15) is 6.61 Å². The molecule has 8 heteroatoms. The van der Waals surface area contributed by atoms with Gasteiger partial charge in [0, 0.05) is 32.1 Å². The summed E-state index contributed by atoms with van der Waals surface area (Å²) < 4.78 is 16.7.